The molecule has 1 saturated heterocycles. The summed E-state index contributed by atoms with van der Waals surface area (Å²) in [7, 11) is 1.58. The van der Waals surface area contributed by atoms with Crippen LogP contribution < -0.4 is 4.74 Å². The van der Waals surface area contributed by atoms with Crippen molar-refractivity contribution >= 4 is 5.91 Å². The third-order valence-electron chi connectivity index (χ3n) is 3.61. The van der Waals surface area contributed by atoms with E-state index in [4.69, 9.17) is 4.74 Å². The SMILES string of the molecule is COc1ccccc1C(=O)N1CCN(CC(C)(C)O)CC1. The van der Waals surface area contributed by atoms with Gasteiger partial charge in [-0.25, -0.2) is 0 Å². The number of piperazine rings is 1. The normalized spacial score (nSPS) is 16.9. The predicted octanol–water partition coefficient (Wildman–Crippen LogP) is 1.22. The van der Waals surface area contributed by atoms with Crippen LogP contribution in [0.1, 0.15) is 24.2 Å². The summed E-state index contributed by atoms with van der Waals surface area (Å²) in [6.45, 7) is 7.15. The van der Waals surface area contributed by atoms with Gasteiger partial charge in [0.05, 0.1) is 18.3 Å². The second-order valence-electron chi connectivity index (χ2n) is 6.08. The van der Waals surface area contributed by atoms with Crippen molar-refractivity contribution in [2.75, 3.05) is 39.8 Å². The molecule has 1 heterocycles. The molecule has 0 atom stereocenters. The minimum atomic E-state index is -0.700. The quantitative estimate of drug-likeness (QED) is 0.907. The second kappa shape index (κ2) is 6.45. The van der Waals surface area contributed by atoms with E-state index in [9.17, 15) is 9.90 Å². The molecule has 0 spiro atoms. The Kier molecular flexibility index (Phi) is 4.85. The van der Waals surface area contributed by atoms with Crippen LogP contribution in [0, 0.1) is 0 Å². The zero-order valence-corrected chi connectivity index (χ0v) is 13.0. The van der Waals surface area contributed by atoms with Gasteiger partial charge in [0.25, 0.3) is 5.91 Å². The topological polar surface area (TPSA) is 53.0 Å². The van der Waals surface area contributed by atoms with Gasteiger partial charge in [-0.05, 0) is 26.0 Å². The van der Waals surface area contributed by atoms with E-state index >= 15 is 0 Å². The van der Waals surface area contributed by atoms with Crippen LogP contribution in [-0.2, 0) is 0 Å². The van der Waals surface area contributed by atoms with Crippen LogP contribution in [0.5, 0.6) is 5.75 Å². The first-order chi connectivity index (χ1) is 9.90. The Morgan fingerprint density at radius 2 is 1.86 bits per heavy atom. The van der Waals surface area contributed by atoms with Gasteiger partial charge in [0, 0.05) is 32.7 Å². The lowest BCUT2D eigenvalue weighted by molar-refractivity contribution is 0.0178. The fraction of sp³-hybridized carbons (Fsp3) is 0.562. The van der Waals surface area contributed by atoms with E-state index in [0.29, 0.717) is 30.9 Å². The summed E-state index contributed by atoms with van der Waals surface area (Å²) in [5, 5.41) is 9.85. The van der Waals surface area contributed by atoms with Crippen LogP contribution in [0.25, 0.3) is 0 Å². The third kappa shape index (κ3) is 4.19. The van der Waals surface area contributed by atoms with Crippen molar-refractivity contribution in [1.82, 2.24) is 9.80 Å². The Hall–Kier alpha value is -1.59. The molecule has 0 bridgehead atoms. The van der Waals surface area contributed by atoms with E-state index in [1.54, 1.807) is 33.1 Å². The molecular formula is C16H24N2O3. The highest BCUT2D eigenvalue weighted by atomic mass is 16.5. The molecule has 0 saturated carbocycles. The molecule has 1 aromatic rings. The van der Waals surface area contributed by atoms with Crippen LogP contribution in [-0.4, -0.2) is 66.2 Å². The van der Waals surface area contributed by atoms with Gasteiger partial charge < -0.3 is 14.7 Å². The standard InChI is InChI=1S/C16H24N2O3/c1-16(2,20)12-17-8-10-18(11-9-17)15(19)13-6-4-5-7-14(13)21-3/h4-7,20H,8-12H2,1-3H3. The predicted molar refractivity (Wildman–Crippen MR) is 81.6 cm³/mol. The highest BCUT2D eigenvalue weighted by Gasteiger charge is 2.26. The lowest BCUT2D eigenvalue weighted by Gasteiger charge is -2.37. The number of para-hydroxylation sites is 1. The molecule has 2 rings (SSSR count). The second-order valence-corrected chi connectivity index (χ2v) is 6.08. The maximum absolute atomic E-state index is 12.5. The van der Waals surface area contributed by atoms with Crippen LogP contribution in [0.2, 0.25) is 0 Å². The number of rotatable bonds is 4. The van der Waals surface area contributed by atoms with Gasteiger partial charge in [0.15, 0.2) is 0 Å². The molecular weight excluding hydrogens is 268 g/mol. The van der Waals surface area contributed by atoms with Crippen molar-refractivity contribution in [3.05, 3.63) is 29.8 Å². The van der Waals surface area contributed by atoms with Crippen molar-refractivity contribution < 1.29 is 14.6 Å². The molecule has 1 N–H and O–H groups in total. The summed E-state index contributed by atoms with van der Waals surface area (Å²) in [4.78, 5) is 16.6. The van der Waals surface area contributed by atoms with E-state index in [-0.39, 0.29) is 5.91 Å². The van der Waals surface area contributed by atoms with Gasteiger partial charge >= 0.3 is 0 Å². The smallest absolute Gasteiger partial charge is 0.257 e. The van der Waals surface area contributed by atoms with Crippen molar-refractivity contribution in [3.8, 4) is 5.75 Å². The van der Waals surface area contributed by atoms with Crippen LogP contribution in [0.15, 0.2) is 24.3 Å². The van der Waals surface area contributed by atoms with E-state index in [2.05, 4.69) is 4.90 Å². The van der Waals surface area contributed by atoms with Crippen LogP contribution >= 0.6 is 0 Å². The molecule has 1 aliphatic rings. The molecule has 1 fully saturated rings. The summed E-state index contributed by atoms with van der Waals surface area (Å²) < 4.78 is 5.25. The first kappa shape index (κ1) is 15.8. The number of carbonyl (C=O) groups excluding carboxylic acids is 1. The molecule has 5 heteroatoms. The molecule has 1 amide bonds. The number of hydrogen-bond acceptors (Lipinski definition) is 4. The van der Waals surface area contributed by atoms with Crippen molar-refractivity contribution in [2.24, 2.45) is 0 Å². The molecule has 1 aromatic carbocycles. The van der Waals surface area contributed by atoms with Gasteiger partial charge in [-0.15, -0.1) is 0 Å². The van der Waals surface area contributed by atoms with Gasteiger partial charge in [0.2, 0.25) is 0 Å². The molecule has 116 valence electrons. The molecule has 21 heavy (non-hydrogen) atoms. The Morgan fingerprint density at radius 1 is 1.24 bits per heavy atom. The summed E-state index contributed by atoms with van der Waals surface area (Å²) in [6.07, 6.45) is 0. The number of benzene rings is 1. The molecule has 1 aliphatic heterocycles. The lowest BCUT2D eigenvalue weighted by Crippen LogP contribution is -2.52. The largest absolute Gasteiger partial charge is 0.496 e. The third-order valence-corrected chi connectivity index (χ3v) is 3.61. The minimum absolute atomic E-state index is 0.00959. The summed E-state index contributed by atoms with van der Waals surface area (Å²) in [6, 6.07) is 7.30. The van der Waals surface area contributed by atoms with Crippen molar-refractivity contribution in [2.45, 2.75) is 19.4 Å². The van der Waals surface area contributed by atoms with Crippen molar-refractivity contribution in [1.29, 1.82) is 0 Å². The maximum Gasteiger partial charge on any atom is 0.257 e. The number of methoxy groups -OCH3 is 1. The minimum Gasteiger partial charge on any atom is -0.496 e. The Balaban J connectivity index is 1.97. The van der Waals surface area contributed by atoms with Gasteiger partial charge in [0.1, 0.15) is 5.75 Å². The molecule has 0 aromatic heterocycles. The van der Waals surface area contributed by atoms with Crippen LogP contribution in [0.4, 0.5) is 0 Å². The van der Waals surface area contributed by atoms with Crippen molar-refractivity contribution in [3.63, 3.8) is 0 Å². The monoisotopic (exact) mass is 292 g/mol. The Bertz CT molecular complexity index is 489. The fourth-order valence-corrected chi connectivity index (χ4v) is 2.65. The van der Waals surface area contributed by atoms with Gasteiger partial charge in [-0.1, -0.05) is 12.1 Å². The maximum atomic E-state index is 12.5. The molecule has 5 nitrogen and oxygen atoms in total. The van der Waals surface area contributed by atoms with E-state index in [1.165, 1.54) is 0 Å². The number of β-amino-alcohol motifs (C(OH)–C–C–N with tert-alkyl or cyclic N) is 1. The highest BCUT2D eigenvalue weighted by molar-refractivity contribution is 5.97. The van der Waals surface area contributed by atoms with Crippen LogP contribution in [0.3, 0.4) is 0 Å². The highest BCUT2D eigenvalue weighted by Crippen LogP contribution is 2.20. The summed E-state index contributed by atoms with van der Waals surface area (Å²) >= 11 is 0. The number of aliphatic hydroxyl groups is 1. The summed E-state index contributed by atoms with van der Waals surface area (Å²) in [5.74, 6) is 0.622. The summed E-state index contributed by atoms with van der Waals surface area (Å²) in [5.41, 5.74) is -0.0922. The van der Waals surface area contributed by atoms with Gasteiger partial charge in [-0.2, -0.15) is 0 Å². The molecule has 0 unspecified atom stereocenters. The lowest BCUT2D eigenvalue weighted by atomic mass is 10.1. The van der Waals surface area contributed by atoms with E-state index < -0.39 is 5.60 Å². The van der Waals surface area contributed by atoms with Gasteiger partial charge in [-0.3, -0.25) is 9.69 Å². The fourth-order valence-electron chi connectivity index (χ4n) is 2.65. The number of nitrogens with zero attached hydrogens (tertiary/aromatic N) is 2. The average Bonchev–Trinajstić information content (AvgIpc) is 2.45. The molecule has 0 radical (unpaired) electrons. The first-order valence-corrected chi connectivity index (χ1v) is 7.28. The number of hydrogen-bond donors (Lipinski definition) is 1. The Morgan fingerprint density at radius 3 is 2.43 bits per heavy atom. The zero-order chi connectivity index (χ0) is 15.5. The van der Waals surface area contributed by atoms with E-state index in [0.717, 1.165) is 13.1 Å². The first-order valence-electron chi connectivity index (χ1n) is 7.28. The average molecular weight is 292 g/mol. The van der Waals surface area contributed by atoms with E-state index in [1.807, 2.05) is 17.0 Å². The zero-order valence-electron chi connectivity index (χ0n) is 13.0. The number of ether oxygens (including phenoxy) is 1. The Labute approximate surface area is 126 Å². The number of carbonyl (C=O) groups is 1. The molecule has 0 aliphatic carbocycles. The number of amides is 1.